The highest BCUT2D eigenvalue weighted by atomic mass is 19.4. The summed E-state index contributed by atoms with van der Waals surface area (Å²) in [6.45, 7) is -1.23. The van der Waals surface area contributed by atoms with Crippen molar-refractivity contribution in [3.8, 4) is 16.8 Å². The van der Waals surface area contributed by atoms with Gasteiger partial charge in [-0.3, -0.25) is 24.5 Å². The number of alkyl halides is 3. The number of nitrogens with one attached hydrogen (secondary N) is 2. The number of aryl methyl sites for hydroxylation is 1. The lowest BCUT2D eigenvalue weighted by atomic mass is 10.1. The van der Waals surface area contributed by atoms with Gasteiger partial charge in [0.25, 0.3) is 5.56 Å². The molecule has 0 radical (unpaired) electrons. The van der Waals surface area contributed by atoms with Crippen LogP contribution in [-0.2, 0) is 7.05 Å². The minimum Gasteiger partial charge on any atom is -0.337 e. The number of nitrogens with zero attached hydrogens (tertiary/aromatic N) is 3. The maximum absolute atomic E-state index is 13.7. The van der Waals surface area contributed by atoms with Gasteiger partial charge in [-0.25, -0.2) is 0 Å². The van der Waals surface area contributed by atoms with Crippen molar-refractivity contribution in [1.29, 1.82) is 0 Å². The standard InChI is InChI=1S/C24H22F3N5O2/c1-31-12-16(6-9-20(31)33)19-10-17-11-28-23(29-13-24(25,26)27)30-21(17)32(22(19)34)18-7-4-15(5-8-18)14-2-3-14/h4-12,14,23,29-30H,2-3,13H2,1H3. The molecule has 176 valence electrons. The molecule has 1 aliphatic carbocycles. The zero-order chi connectivity index (χ0) is 24.0. The molecule has 0 bridgehead atoms. The van der Waals surface area contributed by atoms with Gasteiger partial charge in [0.1, 0.15) is 5.82 Å². The first-order valence-electron chi connectivity index (χ1n) is 10.9. The van der Waals surface area contributed by atoms with Crippen molar-refractivity contribution in [3.63, 3.8) is 0 Å². The Kier molecular flexibility index (Phi) is 5.40. The molecule has 0 saturated heterocycles. The Hall–Kier alpha value is -3.66. The number of halogens is 3. The van der Waals surface area contributed by atoms with Crippen LogP contribution in [0, 0.1) is 0 Å². The average molecular weight is 469 g/mol. The third-order valence-electron chi connectivity index (χ3n) is 5.96. The number of aromatic nitrogens is 2. The summed E-state index contributed by atoms with van der Waals surface area (Å²) in [5, 5.41) is 5.23. The molecule has 1 unspecified atom stereocenters. The molecular weight excluding hydrogens is 447 g/mol. The zero-order valence-corrected chi connectivity index (χ0v) is 18.3. The number of fused-ring (bicyclic) bond motifs is 1. The second kappa shape index (κ2) is 8.28. The van der Waals surface area contributed by atoms with Crippen LogP contribution in [0.25, 0.3) is 16.8 Å². The van der Waals surface area contributed by atoms with E-state index in [0.717, 1.165) is 12.8 Å². The van der Waals surface area contributed by atoms with Crippen molar-refractivity contribution in [2.45, 2.75) is 31.2 Å². The van der Waals surface area contributed by atoms with Crippen LogP contribution in [-0.4, -0.2) is 34.4 Å². The molecule has 1 aliphatic heterocycles. The van der Waals surface area contributed by atoms with E-state index in [1.54, 1.807) is 25.4 Å². The summed E-state index contributed by atoms with van der Waals surface area (Å²) in [5.41, 5.74) is 2.63. The van der Waals surface area contributed by atoms with E-state index in [1.165, 1.54) is 27.0 Å². The number of benzene rings is 1. The number of hydrogen-bond donors (Lipinski definition) is 2. The van der Waals surface area contributed by atoms with Gasteiger partial charge in [0.2, 0.25) is 5.56 Å². The molecule has 2 aliphatic rings. The molecule has 1 fully saturated rings. The van der Waals surface area contributed by atoms with E-state index >= 15 is 0 Å². The molecule has 3 aromatic rings. The third-order valence-corrected chi connectivity index (χ3v) is 5.96. The Bertz CT molecular complexity index is 1390. The minimum atomic E-state index is -4.40. The number of rotatable bonds is 5. The Labute approximate surface area is 192 Å². The second-order valence-electron chi connectivity index (χ2n) is 8.56. The van der Waals surface area contributed by atoms with Gasteiger partial charge in [0, 0.05) is 42.2 Å². The maximum atomic E-state index is 13.7. The lowest BCUT2D eigenvalue weighted by Gasteiger charge is -2.26. The van der Waals surface area contributed by atoms with E-state index in [9.17, 15) is 22.8 Å². The van der Waals surface area contributed by atoms with Crippen LogP contribution in [0.15, 0.2) is 63.2 Å². The van der Waals surface area contributed by atoms with Gasteiger partial charge in [-0.05, 0) is 48.6 Å². The summed E-state index contributed by atoms with van der Waals surface area (Å²) >= 11 is 0. The van der Waals surface area contributed by atoms with Crippen LogP contribution in [0.2, 0.25) is 0 Å². The van der Waals surface area contributed by atoms with E-state index in [4.69, 9.17) is 0 Å². The summed E-state index contributed by atoms with van der Waals surface area (Å²) in [4.78, 5) is 29.6. The molecular formula is C24H22F3N5O2. The highest BCUT2D eigenvalue weighted by Crippen LogP contribution is 2.40. The predicted octanol–water partition coefficient (Wildman–Crippen LogP) is 3.36. The Morgan fingerprint density at radius 2 is 1.85 bits per heavy atom. The molecule has 10 heteroatoms. The molecule has 2 N–H and O–H groups in total. The minimum absolute atomic E-state index is 0.209. The molecule has 1 aromatic carbocycles. The maximum Gasteiger partial charge on any atom is 0.401 e. The van der Waals surface area contributed by atoms with E-state index in [0.29, 0.717) is 34.1 Å². The Morgan fingerprint density at radius 1 is 1.12 bits per heavy atom. The first kappa shape index (κ1) is 22.1. The van der Waals surface area contributed by atoms with E-state index < -0.39 is 19.0 Å². The molecule has 2 aromatic heterocycles. The van der Waals surface area contributed by atoms with Crippen molar-refractivity contribution in [3.05, 3.63) is 80.5 Å². The van der Waals surface area contributed by atoms with Gasteiger partial charge in [0.05, 0.1) is 12.2 Å². The lowest BCUT2D eigenvalue weighted by molar-refractivity contribution is -0.125. The van der Waals surface area contributed by atoms with Crippen molar-refractivity contribution in [2.24, 2.45) is 12.0 Å². The Morgan fingerprint density at radius 3 is 2.50 bits per heavy atom. The van der Waals surface area contributed by atoms with Crippen molar-refractivity contribution in [1.82, 2.24) is 14.5 Å². The van der Waals surface area contributed by atoms with Crippen molar-refractivity contribution < 1.29 is 13.2 Å². The van der Waals surface area contributed by atoms with Crippen LogP contribution < -0.4 is 21.8 Å². The summed E-state index contributed by atoms with van der Waals surface area (Å²) < 4.78 is 40.9. The molecule has 5 rings (SSSR count). The SMILES string of the molecule is Cn1cc(-c2cc3c(n(-c4ccc(C5CC5)cc4)c2=O)NC(NCC(F)(F)F)N=C3)ccc1=O. The van der Waals surface area contributed by atoms with Crippen LogP contribution in [0.1, 0.15) is 29.9 Å². The molecule has 1 atom stereocenters. The largest absolute Gasteiger partial charge is 0.401 e. The molecule has 0 spiro atoms. The van der Waals surface area contributed by atoms with Crippen molar-refractivity contribution >= 4 is 12.0 Å². The zero-order valence-electron chi connectivity index (χ0n) is 18.3. The number of hydrogen-bond acceptors (Lipinski definition) is 5. The van der Waals surface area contributed by atoms with Crippen molar-refractivity contribution in [2.75, 3.05) is 11.9 Å². The molecule has 1 saturated carbocycles. The number of anilines is 1. The van der Waals surface area contributed by atoms with Gasteiger partial charge in [-0.1, -0.05) is 12.1 Å². The van der Waals surface area contributed by atoms with Gasteiger partial charge in [-0.2, -0.15) is 13.2 Å². The lowest BCUT2D eigenvalue weighted by Crippen LogP contribution is -2.43. The fourth-order valence-electron chi connectivity index (χ4n) is 4.04. The quantitative estimate of drug-likeness (QED) is 0.601. The summed E-state index contributed by atoms with van der Waals surface area (Å²) in [6, 6.07) is 12.2. The molecule has 34 heavy (non-hydrogen) atoms. The smallest absolute Gasteiger partial charge is 0.337 e. The van der Waals surface area contributed by atoms with Crippen LogP contribution in [0.5, 0.6) is 0 Å². The van der Waals surface area contributed by atoms with Gasteiger partial charge in [-0.15, -0.1) is 0 Å². The number of aliphatic imine (C=N–C) groups is 1. The fraction of sp³-hybridized carbons (Fsp3) is 0.292. The molecule has 0 amide bonds. The average Bonchev–Trinajstić information content (AvgIpc) is 3.64. The predicted molar refractivity (Wildman–Crippen MR) is 124 cm³/mol. The topological polar surface area (TPSA) is 80.4 Å². The normalized spacial score (nSPS) is 17.4. The summed E-state index contributed by atoms with van der Waals surface area (Å²) in [5.74, 6) is 0.880. The van der Waals surface area contributed by atoms with Crippen LogP contribution >= 0.6 is 0 Å². The molecule has 3 heterocycles. The Balaban J connectivity index is 1.62. The second-order valence-corrected chi connectivity index (χ2v) is 8.56. The summed E-state index contributed by atoms with van der Waals surface area (Å²) in [7, 11) is 1.60. The number of pyridine rings is 2. The first-order valence-corrected chi connectivity index (χ1v) is 10.9. The van der Waals surface area contributed by atoms with Gasteiger partial charge >= 0.3 is 6.18 Å². The first-order chi connectivity index (χ1) is 16.2. The molecule has 7 nitrogen and oxygen atoms in total. The van der Waals surface area contributed by atoms with E-state index in [2.05, 4.69) is 15.6 Å². The fourth-order valence-corrected chi connectivity index (χ4v) is 4.04. The summed E-state index contributed by atoms with van der Waals surface area (Å²) in [6.07, 6.45) is -0.146. The van der Waals surface area contributed by atoms with Gasteiger partial charge in [0.15, 0.2) is 6.29 Å². The van der Waals surface area contributed by atoms with Gasteiger partial charge < -0.3 is 9.88 Å². The monoisotopic (exact) mass is 469 g/mol. The van der Waals surface area contributed by atoms with E-state index in [-0.39, 0.29) is 11.1 Å². The van der Waals surface area contributed by atoms with Crippen LogP contribution in [0.4, 0.5) is 19.0 Å². The third kappa shape index (κ3) is 4.41. The van der Waals surface area contributed by atoms with Crippen LogP contribution in [0.3, 0.4) is 0 Å². The highest BCUT2D eigenvalue weighted by Gasteiger charge is 2.30. The van der Waals surface area contributed by atoms with E-state index in [1.807, 2.05) is 24.3 Å². The highest BCUT2D eigenvalue weighted by molar-refractivity contribution is 5.91.